The maximum Gasteiger partial charge on any atom is 0.240 e. The molecule has 1 heterocycles. The summed E-state index contributed by atoms with van der Waals surface area (Å²) in [4.78, 5) is 15.6. The number of benzene rings is 1. The number of carbonyl (C=O) groups excluding carboxylic acids is 1. The Balaban J connectivity index is 2.23. The van der Waals surface area contributed by atoms with Crippen molar-refractivity contribution in [2.45, 2.75) is 18.7 Å². The maximum atomic E-state index is 13.4. The number of alkyl halides is 1. The first-order chi connectivity index (χ1) is 8.49. The second-order valence-corrected chi connectivity index (χ2v) is 6.26. The number of halogens is 2. The zero-order chi connectivity index (χ0) is 13.3. The Morgan fingerprint density at radius 3 is 2.83 bits per heavy atom. The van der Waals surface area contributed by atoms with Gasteiger partial charge in [0, 0.05) is 0 Å². The van der Waals surface area contributed by atoms with E-state index in [1.54, 1.807) is 12.1 Å². The number of nitrogens with zero attached hydrogens (tertiary/aromatic N) is 1. The van der Waals surface area contributed by atoms with Gasteiger partial charge in [0.2, 0.25) is 5.91 Å². The van der Waals surface area contributed by atoms with Crippen LogP contribution in [0.15, 0.2) is 18.2 Å². The topological polar surface area (TPSA) is 42.0 Å². The van der Waals surface area contributed by atoms with Crippen LogP contribution in [-0.2, 0) is 4.79 Å². The lowest BCUT2D eigenvalue weighted by Gasteiger charge is -2.11. The van der Waals surface area contributed by atoms with Gasteiger partial charge in [0.05, 0.1) is 9.53 Å². The molecular formula is C12H12BrFN2OS. The number of hydrogen-bond donors (Lipinski definition) is 1. The molecule has 0 saturated carbocycles. The van der Waals surface area contributed by atoms with E-state index in [4.69, 9.17) is 0 Å². The molecule has 0 saturated heterocycles. The molecule has 6 heteroatoms. The van der Waals surface area contributed by atoms with Crippen molar-refractivity contribution in [3.8, 4) is 0 Å². The normalized spacial score (nSPS) is 12.9. The third-order valence-electron chi connectivity index (χ3n) is 2.44. The van der Waals surface area contributed by atoms with Gasteiger partial charge in [-0.05, 0) is 18.1 Å². The van der Waals surface area contributed by atoms with E-state index >= 15 is 0 Å². The van der Waals surface area contributed by atoms with Crippen LogP contribution in [0.5, 0.6) is 0 Å². The van der Waals surface area contributed by atoms with E-state index in [0.29, 0.717) is 10.6 Å². The average Bonchev–Trinajstić information content (AvgIpc) is 2.71. The van der Waals surface area contributed by atoms with Crippen LogP contribution in [-0.4, -0.2) is 15.7 Å². The molecule has 2 rings (SSSR count). The van der Waals surface area contributed by atoms with E-state index in [2.05, 4.69) is 26.2 Å². The Bertz CT molecular complexity index is 584. The predicted molar refractivity (Wildman–Crippen MR) is 75.8 cm³/mol. The van der Waals surface area contributed by atoms with Gasteiger partial charge in [-0.25, -0.2) is 9.37 Å². The largest absolute Gasteiger partial charge is 0.301 e. The number of aromatic nitrogens is 1. The fourth-order valence-corrected chi connectivity index (χ4v) is 2.44. The van der Waals surface area contributed by atoms with Crippen LogP contribution in [0.2, 0.25) is 0 Å². The summed E-state index contributed by atoms with van der Waals surface area (Å²) in [6, 6.07) is 4.76. The van der Waals surface area contributed by atoms with Crippen molar-refractivity contribution in [3.63, 3.8) is 0 Å². The highest BCUT2D eigenvalue weighted by atomic mass is 79.9. The molecule has 0 bridgehead atoms. The van der Waals surface area contributed by atoms with Crippen LogP contribution >= 0.6 is 27.3 Å². The third kappa shape index (κ3) is 2.70. The van der Waals surface area contributed by atoms with Crippen LogP contribution in [0.4, 0.5) is 9.52 Å². The lowest BCUT2D eigenvalue weighted by atomic mass is 10.1. The zero-order valence-electron chi connectivity index (χ0n) is 9.91. The minimum absolute atomic E-state index is 0.163. The minimum Gasteiger partial charge on any atom is -0.301 e. The molecule has 1 atom stereocenters. The van der Waals surface area contributed by atoms with E-state index in [1.165, 1.54) is 17.4 Å². The van der Waals surface area contributed by atoms with Crippen molar-refractivity contribution in [2.75, 3.05) is 5.32 Å². The summed E-state index contributed by atoms with van der Waals surface area (Å²) >= 11 is 4.58. The highest BCUT2D eigenvalue weighted by Crippen LogP contribution is 2.28. The molecular weight excluding hydrogens is 319 g/mol. The second-order valence-electron chi connectivity index (χ2n) is 4.24. The number of fused-ring (bicyclic) bond motifs is 1. The summed E-state index contributed by atoms with van der Waals surface area (Å²) < 4.78 is 14.2. The van der Waals surface area contributed by atoms with Crippen molar-refractivity contribution >= 4 is 48.5 Å². The lowest BCUT2D eigenvalue weighted by Crippen LogP contribution is -2.26. The highest BCUT2D eigenvalue weighted by Gasteiger charge is 2.20. The molecule has 2 aromatic rings. The number of hydrogen-bond acceptors (Lipinski definition) is 3. The van der Waals surface area contributed by atoms with E-state index in [-0.39, 0.29) is 22.5 Å². The van der Waals surface area contributed by atoms with Crippen LogP contribution < -0.4 is 5.32 Å². The van der Waals surface area contributed by atoms with Crippen molar-refractivity contribution < 1.29 is 9.18 Å². The molecule has 0 radical (unpaired) electrons. The summed E-state index contributed by atoms with van der Waals surface area (Å²) in [6.45, 7) is 3.88. The van der Waals surface area contributed by atoms with E-state index in [1.807, 2.05) is 13.8 Å². The third-order valence-corrected chi connectivity index (χ3v) is 4.84. The standard InChI is InChI=1S/C12H12BrFN2OS/c1-6(2)9(13)11(17)16-12-15-10-7(14)4-3-5-8(10)18-12/h3-6,9H,1-2H3,(H,15,16,17)/t9-/m1/s1. The smallest absolute Gasteiger partial charge is 0.240 e. The number of amides is 1. The predicted octanol–water partition coefficient (Wildman–Crippen LogP) is 3.79. The molecule has 1 amide bonds. The first-order valence-electron chi connectivity index (χ1n) is 5.49. The van der Waals surface area contributed by atoms with E-state index < -0.39 is 0 Å². The first kappa shape index (κ1) is 13.4. The number of rotatable bonds is 3. The van der Waals surface area contributed by atoms with Gasteiger partial charge in [-0.3, -0.25) is 4.79 Å². The minimum atomic E-state index is -0.372. The van der Waals surface area contributed by atoms with Gasteiger partial charge in [-0.2, -0.15) is 0 Å². The summed E-state index contributed by atoms with van der Waals surface area (Å²) in [7, 11) is 0. The molecule has 18 heavy (non-hydrogen) atoms. The van der Waals surface area contributed by atoms with Crippen LogP contribution in [0.25, 0.3) is 10.2 Å². The van der Waals surface area contributed by atoms with Gasteiger partial charge in [0.25, 0.3) is 0 Å². The lowest BCUT2D eigenvalue weighted by molar-refractivity contribution is -0.116. The Labute approximate surface area is 117 Å². The van der Waals surface area contributed by atoms with Crippen LogP contribution in [0.1, 0.15) is 13.8 Å². The highest BCUT2D eigenvalue weighted by molar-refractivity contribution is 9.10. The number of carbonyl (C=O) groups is 1. The number of nitrogens with one attached hydrogen (secondary N) is 1. The quantitative estimate of drug-likeness (QED) is 0.870. The van der Waals surface area contributed by atoms with E-state index in [9.17, 15) is 9.18 Å². The van der Waals surface area contributed by atoms with Gasteiger partial charge in [-0.15, -0.1) is 0 Å². The molecule has 0 aliphatic carbocycles. The van der Waals surface area contributed by atoms with E-state index in [0.717, 1.165) is 4.70 Å². The maximum absolute atomic E-state index is 13.4. The molecule has 0 unspecified atom stereocenters. The van der Waals surface area contributed by atoms with Crippen molar-refractivity contribution in [1.29, 1.82) is 0 Å². The van der Waals surface area contributed by atoms with Crippen molar-refractivity contribution in [2.24, 2.45) is 5.92 Å². The molecule has 96 valence electrons. The monoisotopic (exact) mass is 330 g/mol. The molecule has 0 fully saturated rings. The van der Waals surface area contributed by atoms with Gasteiger partial charge >= 0.3 is 0 Å². The van der Waals surface area contributed by atoms with Crippen molar-refractivity contribution in [1.82, 2.24) is 4.98 Å². The molecule has 1 aromatic heterocycles. The summed E-state index contributed by atoms with van der Waals surface area (Å²) in [5.74, 6) is -0.357. The Morgan fingerprint density at radius 2 is 2.22 bits per heavy atom. The molecule has 1 N–H and O–H groups in total. The van der Waals surface area contributed by atoms with Gasteiger partial charge in [-0.1, -0.05) is 47.2 Å². The van der Waals surface area contributed by atoms with Crippen LogP contribution in [0, 0.1) is 11.7 Å². The fourth-order valence-electron chi connectivity index (χ4n) is 1.45. The van der Waals surface area contributed by atoms with Gasteiger partial charge in [0.1, 0.15) is 11.3 Å². The molecule has 1 aromatic carbocycles. The zero-order valence-corrected chi connectivity index (χ0v) is 12.3. The summed E-state index contributed by atoms with van der Waals surface area (Å²) in [5, 5.41) is 3.12. The van der Waals surface area contributed by atoms with Crippen molar-refractivity contribution in [3.05, 3.63) is 24.0 Å². The molecule has 0 spiro atoms. The molecule has 0 aliphatic heterocycles. The molecule has 3 nitrogen and oxygen atoms in total. The summed E-state index contributed by atoms with van der Waals surface area (Å²) in [6.07, 6.45) is 0. The first-order valence-corrected chi connectivity index (χ1v) is 7.22. The van der Waals surface area contributed by atoms with Gasteiger partial charge in [0.15, 0.2) is 5.13 Å². The summed E-state index contributed by atoms with van der Waals surface area (Å²) in [5.41, 5.74) is 0.300. The fraction of sp³-hybridized carbons (Fsp3) is 0.333. The second kappa shape index (κ2) is 5.32. The number of para-hydroxylation sites is 1. The number of thiazole rings is 1. The Morgan fingerprint density at radius 1 is 1.50 bits per heavy atom. The molecule has 0 aliphatic rings. The average molecular weight is 331 g/mol. The van der Waals surface area contributed by atoms with Crippen LogP contribution in [0.3, 0.4) is 0 Å². The SMILES string of the molecule is CC(C)[C@@H](Br)C(=O)Nc1nc2c(F)cccc2s1. The Kier molecular flexibility index (Phi) is 3.97. The Hall–Kier alpha value is -1.01. The van der Waals surface area contributed by atoms with Gasteiger partial charge < -0.3 is 5.32 Å². The number of anilines is 1.